The minimum absolute atomic E-state index is 0.0598. The van der Waals surface area contributed by atoms with Crippen LogP contribution in [0.2, 0.25) is 0 Å². The summed E-state index contributed by atoms with van der Waals surface area (Å²) in [7, 11) is 1.74. The number of nitrogens with one attached hydrogen (secondary N) is 3. The highest BCUT2D eigenvalue weighted by molar-refractivity contribution is 5.94. The van der Waals surface area contributed by atoms with Gasteiger partial charge in [0, 0.05) is 37.8 Å². The summed E-state index contributed by atoms with van der Waals surface area (Å²) in [6, 6.07) is 5.58. The van der Waals surface area contributed by atoms with Gasteiger partial charge >= 0.3 is 0 Å². The molecule has 7 nitrogen and oxygen atoms in total. The molecule has 3 N–H and O–H groups in total. The van der Waals surface area contributed by atoms with Crippen LogP contribution >= 0.6 is 0 Å². The first kappa shape index (κ1) is 16.0. The predicted octanol–water partition coefficient (Wildman–Crippen LogP) is 1.42. The van der Waals surface area contributed by atoms with E-state index >= 15 is 0 Å². The van der Waals surface area contributed by atoms with Crippen molar-refractivity contribution in [3.8, 4) is 0 Å². The molecule has 2 aliphatic heterocycles. The summed E-state index contributed by atoms with van der Waals surface area (Å²) in [5.41, 5.74) is 2.95. The summed E-state index contributed by atoms with van der Waals surface area (Å²) in [6.07, 6.45) is 0.468. The first-order valence-electron chi connectivity index (χ1n) is 8.51. The minimum Gasteiger partial charge on any atom is -0.384 e. The number of hydrogen-bond acceptors (Lipinski definition) is 5. The Morgan fingerprint density at radius 2 is 2.32 bits per heavy atom. The lowest BCUT2D eigenvalue weighted by molar-refractivity contribution is 0.0781. The average molecular weight is 344 g/mol. The van der Waals surface area contributed by atoms with Crippen molar-refractivity contribution < 1.29 is 9.18 Å². The molecule has 0 bridgehead atoms. The third-order valence-electron chi connectivity index (χ3n) is 4.73. The molecule has 8 heteroatoms. The number of halogens is 1. The van der Waals surface area contributed by atoms with E-state index in [-0.39, 0.29) is 11.9 Å². The van der Waals surface area contributed by atoms with Crippen molar-refractivity contribution in [3.63, 3.8) is 0 Å². The van der Waals surface area contributed by atoms with Crippen molar-refractivity contribution in [1.82, 2.24) is 25.4 Å². The summed E-state index contributed by atoms with van der Waals surface area (Å²) >= 11 is 0. The highest BCUT2D eigenvalue weighted by Crippen LogP contribution is 2.24. The Labute approximate surface area is 145 Å². The molecule has 1 aromatic heterocycles. The second-order valence-corrected chi connectivity index (χ2v) is 6.64. The van der Waals surface area contributed by atoms with Gasteiger partial charge in [-0.05, 0) is 30.2 Å². The number of H-pyrrole nitrogens is 1. The quantitative estimate of drug-likeness (QED) is 0.781. The van der Waals surface area contributed by atoms with Crippen LogP contribution in [-0.2, 0) is 13.0 Å². The zero-order valence-corrected chi connectivity index (χ0v) is 14.1. The van der Waals surface area contributed by atoms with Crippen LogP contribution in [0.4, 0.5) is 10.1 Å². The lowest BCUT2D eigenvalue weighted by atomic mass is 10.1. The summed E-state index contributed by atoms with van der Waals surface area (Å²) in [4.78, 5) is 18.6. The fraction of sp³-hybridized carbons (Fsp3) is 0.471. The Morgan fingerprint density at radius 3 is 3.12 bits per heavy atom. The van der Waals surface area contributed by atoms with E-state index in [2.05, 4.69) is 25.8 Å². The maximum Gasteiger partial charge on any atom is 0.254 e. The zero-order chi connectivity index (χ0) is 17.4. The lowest BCUT2D eigenvalue weighted by Crippen LogP contribution is -2.26. The largest absolute Gasteiger partial charge is 0.384 e. The van der Waals surface area contributed by atoms with Crippen LogP contribution in [0.3, 0.4) is 0 Å². The van der Waals surface area contributed by atoms with Gasteiger partial charge < -0.3 is 15.5 Å². The number of aromatic amines is 1. The van der Waals surface area contributed by atoms with Gasteiger partial charge in [0.2, 0.25) is 0 Å². The average Bonchev–Trinajstić information content (AvgIpc) is 3.33. The molecule has 0 saturated carbocycles. The van der Waals surface area contributed by atoms with Gasteiger partial charge in [-0.25, -0.2) is 9.37 Å². The van der Waals surface area contributed by atoms with Crippen molar-refractivity contribution in [1.29, 1.82) is 0 Å². The highest BCUT2D eigenvalue weighted by Gasteiger charge is 2.28. The number of benzene rings is 1. The van der Waals surface area contributed by atoms with Gasteiger partial charge in [0.1, 0.15) is 12.0 Å². The van der Waals surface area contributed by atoms with E-state index in [0.29, 0.717) is 36.7 Å². The number of alkyl halides is 1. The van der Waals surface area contributed by atoms with Gasteiger partial charge in [-0.15, -0.1) is 0 Å². The number of hydrogen-bond donors (Lipinski definition) is 3. The number of nitrogens with zero attached hydrogens (tertiary/aromatic N) is 3. The van der Waals surface area contributed by atoms with Crippen molar-refractivity contribution in [2.24, 2.45) is 0 Å². The Morgan fingerprint density at radius 1 is 1.44 bits per heavy atom. The van der Waals surface area contributed by atoms with Crippen molar-refractivity contribution in [2.75, 3.05) is 25.5 Å². The van der Waals surface area contributed by atoms with Gasteiger partial charge in [0.05, 0.1) is 12.6 Å². The fourth-order valence-corrected chi connectivity index (χ4v) is 3.38. The van der Waals surface area contributed by atoms with E-state index < -0.39 is 6.17 Å². The first-order valence-corrected chi connectivity index (χ1v) is 8.51. The SMILES string of the molecule is CN(Cc1nc([C@H]2C[C@H](F)CN2)n[nH]1)C(=O)c1ccc2c(c1)CCN2. The number of fused-ring (bicyclic) bond motifs is 1. The van der Waals surface area contributed by atoms with Crippen molar-refractivity contribution in [2.45, 2.75) is 31.6 Å². The Hall–Kier alpha value is -2.48. The van der Waals surface area contributed by atoms with Crippen LogP contribution in [0.15, 0.2) is 18.2 Å². The number of amides is 1. The van der Waals surface area contributed by atoms with E-state index in [1.165, 1.54) is 5.56 Å². The third-order valence-corrected chi connectivity index (χ3v) is 4.73. The summed E-state index contributed by atoms with van der Waals surface area (Å²) in [6.45, 7) is 1.58. The second kappa shape index (κ2) is 6.44. The van der Waals surface area contributed by atoms with Gasteiger partial charge in [-0.3, -0.25) is 9.89 Å². The topological polar surface area (TPSA) is 85.9 Å². The third kappa shape index (κ3) is 3.21. The first-order chi connectivity index (χ1) is 12.1. The molecule has 1 saturated heterocycles. The molecule has 1 amide bonds. The zero-order valence-electron chi connectivity index (χ0n) is 14.1. The monoisotopic (exact) mass is 344 g/mol. The van der Waals surface area contributed by atoms with Gasteiger partial charge in [0.25, 0.3) is 5.91 Å². The molecule has 2 atom stereocenters. The van der Waals surface area contributed by atoms with Crippen molar-refractivity contribution in [3.05, 3.63) is 41.0 Å². The highest BCUT2D eigenvalue weighted by atomic mass is 19.1. The second-order valence-electron chi connectivity index (χ2n) is 6.64. The standard InChI is InChI=1S/C17H21FN6O/c1-24(17(25)11-2-3-13-10(6-11)4-5-19-13)9-15-21-16(23-22-15)14-7-12(18)8-20-14/h2-3,6,12,14,19-20H,4-5,7-9H2,1H3,(H,21,22,23)/t12-,14+/m0/s1. The number of rotatable bonds is 4. The van der Waals surface area contributed by atoms with E-state index in [4.69, 9.17) is 0 Å². The molecule has 3 heterocycles. The number of carbonyl (C=O) groups excluding carboxylic acids is 1. The molecule has 0 spiro atoms. The van der Waals surface area contributed by atoms with E-state index in [1.807, 2.05) is 18.2 Å². The smallest absolute Gasteiger partial charge is 0.254 e. The Balaban J connectivity index is 1.42. The number of carbonyl (C=O) groups is 1. The molecular formula is C17H21FN6O. The Kier molecular flexibility index (Phi) is 4.12. The van der Waals surface area contributed by atoms with E-state index in [0.717, 1.165) is 18.7 Å². The van der Waals surface area contributed by atoms with Crippen LogP contribution in [-0.4, -0.2) is 52.3 Å². The molecule has 2 aromatic rings. The van der Waals surface area contributed by atoms with Gasteiger partial charge in [-0.1, -0.05) is 0 Å². The predicted molar refractivity (Wildman–Crippen MR) is 91.1 cm³/mol. The molecule has 4 rings (SSSR count). The van der Waals surface area contributed by atoms with Crippen LogP contribution in [0, 0.1) is 0 Å². The molecule has 1 aromatic carbocycles. The Bertz CT molecular complexity index is 791. The van der Waals surface area contributed by atoms with Crippen molar-refractivity contribution >= 4 is 11.6 Å². The molecular weight excluding hydrogens is 323 g/mol. The normalized spacial score (nSPS) is 21.8. The maximum atomic E-state index is 13.3. The molecule has 25 heavy (non-hydrogen) atoms. The molecule has 0 unspecified atom stereocenters. The molecule has 0 aliphatic carbocycles. The molecule has 2 aliphatic rings. The van der Waals surface area contributed by atoms with Crippen LogP contribution < -0.4 is 10.6 Å². The van der Waals surface area contributed by atoms with Crippen LogP contribution in [0.1, 0.15) is 40.0 Å². The minimum atomic E-state index is -0.856. The van der Waals surface area contributed by atoms with Crippen LogP contribution in [0.25, 0.3) is 0 Å². The van der Waals surface area contributed by atoms with Crippen LogP contribution in [0.5, 0.6) is 0 Å². The molecule has 1 fully saturated rings. The van der Waals surface area contributed by atoms with Gasteiger partial charge in [-0.2, -0.15) is 5.10 Å². The van der Waals surface area contributed by atoms with Gasteiger partial charge in [0.15, 0.2) is 5.82 Å². The van der Waals surface area contributed by atoms with E-state index in [9.17, 15) is 9.18 Å². The molecule has 132 valence electrons. The number of aromatic nitrogens is 3. The summed E-state index contributed by atoms with van der Waals surface area (Å²) < 4.78 is 13.3. The van der Waals surface area contributed by atoms with E-state index in [1.54, 1.807) is 11.9 Å². The summed E-state index contributed by atoms with van der Waals surface area (Å²) in [5.74, 6) is 1.09. The number of anilines is 1. The summed E-state index contributed by atoms with van der Waals surface area (Å²) in [5, 5.41) is 13.3. The molecule has 0 radical (unpaired) electrons. The fourth-order valence-electron chi connectivity index (χ4n) is 3.38. The lowest BCUT2D eigenvalue weighted by Gasteiger charge is -2.16. The maximum absolute atomic E-state index is 13.3.